The van der Waals surface area contributed by atoms with Crippen LogP contribution >= 0.6 is 0 Å². The summed E-state index contributed by atoms with van der Waals surface area (Å²) in [7, 11) is 0. The topological polar surface area (TPSA) is 174 Å². The van der Waals surface area contributed by atoms with Crippen LogP contribution in [0.25, 0.3) is 5.69 Å². The van der Waals surface area contributed by atoms with Crippen LogP contribution in [0, 0.1) is 10.1 Å². The average Bonchev–Trinajstić information content (AvgIpc) is 3.32. The number of nitrogens with one attached hydrogen (secondary N) is 3. The third-order valence-corrected chi connectivity index (χ3v) is 4.10. The van der Waals surface area contributed by atoms with Crippen molar-refractivity contribution < 1.29 is 19.3 Å². The summed E-state index contributed by atoms with van der Waals surface area (Å²) in [5.74, 6) is -1.93. The van der Waals surface area contributed by atoms with Gasteiger partial charge in [0, 0.05) is 23.3 Å². The second kappa shape index (κ2) is 9.21. The molecular weight excluding hydrogens is 408 g/mol. The molecule has 0 aliphatic rings. The molecule has 0 saturated heterocycles. The summed E-state index contributed by atoms with van der Waals surface area (Å²) >= 11 is 0. The molecule has 1 heterocycles. The van der Waals surface area contributed by atoms with E-state index in [1.807, 2.05) is 0 Å². The molecule has 3 N–H and O–H groups in total. The SMILES string of the molecule is CC(NC(=O)c1cccc([N+](=O)[O-])c1)C(=O)NNC(=O)c1ccc(-n2cnnn2)cc1. The third kappa shape index (κ3) is 5.23. The Morgan fingerprint density at radius 1 is 1.03 bits per heavy atom. The van der Waals surface area contributed by atoms with E-state index < -0.39 is 28.7 Å². The number of hydrogen-bond donors (Lipinski definition) is 3. The monoisotopic (exact) mass is 424 g/mol. The molecule has 1 atom stereocenters. The predicted molar refractivity (Wildman–Crippen MR) is 105 cm³/mol. The largest absolute Gasteiger partial charge is 0.340 e. The van der Waals surface area contributed by atoms with Crippen LogP contribution in [0.3, 0.4) is 0 Å². The molecule has 3 aromatic rings. The molecule has 0 fully saturated rings. The lowest BCUT2D eigenvalue weighted by Gasteiger charge is -2.14. The Morgan fingerprint density at radius 3 is 2.42 bits per heavy atom. The number of tetrazole rings is 1. The first kappa shape index (κ1) is 21.0. The Hall–Kier alpha value is -4.68. The number of hydrazine groups is 1. The van der Waals surface area contributed by atoms with E-state index in [4.69, 9.17) is 0 Å². The minimum atomic E-state index is -1.02. The minimum Gasteiger partial charge on any atom is -0.340 e. The van der Waals surface area contributed by atoms with Crippen molar-refractivity contribution in [1.29, 1.82) is 0 Å². The van der Waals surface area contributed by atoms with E-state index >= 15 is 0 Å². The summed E-state index contributed by atoms with van der Waals surface area (Å²) in [6, 6.07) is 10.4. The van der Waals surface area contributed by atoms with Crippen molar-refractivity contribution in [3.63, 3.8) is 0 Å². The molecule has 1 aromatic heterocycles. The predicted octanol–water partition coefficient (Wildman–Crippen LogP) is 0.150. The van der Waals surface area contributed by atoms with Crippen molar-refractivity contribution >= 4 is 23.4 Å². The molecule has 0 bridgehead atoms. The lowest BCUT2D eigenvalue weighted by atomic mass is 10.1. The molecule has 1 unspecified atom stereocenters. The van der Waals surface area contributed by atoms with Gasteiger partial charge in [-0.3, -0.25) is 35.3 Å². The number of non-ortho nitro benzene ring substituents is 1. The molecule has 158 valence electrons. The number of benzene rings is 2. The number of amides is 3. The fourth-order valence-electron chi connectivity index (χ4n) is 2.45. The van der Waals surface area contributed by atoms with Crippen molar-refractivity contribution in [1.82, 2.24) is 36.4 Å². The van der Waals surface area contributed by atoms with Crippen molar-refractivity contribution in [2.24, 2.45) is 0 Å². The van der Waals surface area contributed by atoms with Crippen LogP contribution in [-0.2, 0) is 4.79 Å². The normalized spacial score (nSPS) is 11.3. The first-order valence-electron chi connectivity index (χ1n) is 8.84. The molecule has 2 aromatic carbocycles. The van der Waals surface area contributed by atoms with E-state index in [0.717, 1.165) is 6.07 Å². The van der Waals surface area contributed by atoms with E-state index in [2.05, 4.69) is 31.7 Å². The van der Waals surface area contributed by atoms with Crippen molar-refractivity contribution in [2.45, 2.75) is 13.0 Å². The number of hydrogen-bond acceptors (Lipinski definition) is 8. The Morgan fingerprint density at radius 2 is 1.77 bits per heavy atom. The summed E-state index contributed by atoms with van der Waals surface area (Å²) in [6.07, 6.45) is 1.40. The van der Waals surface area contributed by atoms with Crippen molar-refractivity contribution in [3.05, 3.63) is 76.1 Å². The smallest absolute Gasteiger partial charge is 0.270 e. The van der Waals surface area contributed by atoms with Crippen LogP contribution in [0.2, 0.25) is 0 Å². The van der Waals surface area contributed by atoms with Gasteiger partial charge in [-0.2, -0.15) is 0 Å². The first-order chi connectivity index (χ1) is 14.8. The first-order valence-corrected chi connectivity index (χ1v) is 8.84. The van der Waals surface area contributed by atoms with E-state index in [9.17, 15) is 24.5 Å². The van der Waals surface area contributed by atoms with Gasteiger partial charge in [-0.15, -0.1) is 5.10 Å². The van der Waals surface area contributed by atoms with Crippen molar-refractivity contribution in [3.8, 4) is 5.69 Å². The summed E-state index contributed by atoms with van der Waals surface area (Å²) in [4.78, 5) is 46.7. The van der Waals surface area contributed by atoms with Gasteiger partial charge in [-0.05, 0) is 47.7 Å². The standard InChI is InChI=1S/C18H16N8O5/c1-11(20-17(28)13-3-2-4-15(9-13)26(30)31)16(27)21-22-18(29)12-5-7-14(8-6-12)25-10-19-23-24-25/h2-11H,1H3,(H,20,28)(H,21,27)(H,22,29). The Kier molecular flexibility index (Phi) is 6.25. The summed E-state index contributed by atoms with van der Waals surface area (Å²) in [6.45, 7) is 1.40. The molecule has 31 heavy (non-hydrogen) atoms. The van der Waals surface area contributed by atoms with E-state index in [-0.39, 0.29) is 16.8 Å². The average molecular weight is 424 g/mol. The fourth-order valence-corrected chi connectivity index (χ4v) is 2.45. The van der Waals surface area contributed by atoms with Gasteiger partial charge in [-0.1, -0.05) is 6.07 Å². The van der Waals surface area contributed by atoms with E-state index in [1.165, 1.54) is 48.3 Å². The molecule has 13 heteroatoms. The number of rotatable bonds is 6. The zero-order valence-corrected chi connectivity index (χ0v) is 16.1. The van der Waals surface area contributed by atoms with Gasteiger partial charge in [0.2, 0.25) is 0 Å². The van der Waals surface area contributed by atoms with Crippen LogP contribution in [-0.4, -0.2) is 48.9 Å². The van der Waals surface area contributed by atoms with Gasteiger partial charge in [0.15, 0.2) is 0 Å². The summed E-state index contributed by atoms with van der Waals surface area (Å²) in [5.41, 5.74) is 5.15. The highest BCUT2D eigenvalue weighted by Gasteiger charge is 2.19. The third-order valence-electron chi connectivity index (χ3n) is 4.10. The molecule has 3 amide bonds. The summed E-state index contributed by atoms with van der Waals surface area (Å²) < 4.78 is 1.41. The summed E-state index contributed by atoms with van der Waals surface area (Å²) in [5, 5.41) is 24.0. The molecule has 0 aliphatic carbocycles. The Bertz CT molecular complexity index is 1110. The quantitative estimate of drug-likeness (QED) is 0.370. The Balaban J connectivity index is 1.52. The molecule has 0 spiro atoms. The molecule has 0 saturated carbocycles. The zero-order valence-electron chi connectivity index (χ0n) is 16.1. The second-order valence-corrected chi connectivity index (χ2v) is 6.25. The highest BCUT2D eigenvalue weighted by Crippen LogP contribution is 2.13. The maximum atomic E-state index is 12.2. The van der Waals surface area contributed by atoms with Gasteiger partial charge < -0.3 is 5.32 Å². The maximum absolute atomic E-state index is 12.2. The van der Waals surface area contributed by atoms with Crippen LogP contribution in [0.4, 0.5) is 5.69 Å². The van der Waals surface area contributed by atoms with Crippen LogP contribution in [0.15, 0.2) is 54.9 Å². The second-order valence-electron chi connectivity index (χ2n) is 6.25. The van der Waals surface area contributed by atoms with Gasteiger partial charge in [0.25, 0.3) is 23.4 Å². The molecule has 13 nitrogen and oxygen atoms in total. The van der Waals surface area contributed by atoms with Crippen LogP contribution in [0.5, 0.6) is 0 Å². The van der Waals surface area contributed by atoms with Gasteiger partial charge in [-0.25, -0.2) is 4.68 Å². The van der Waals surface area contributed by atoms with Crippen molar-refractivity contribution in [2.75, 3.05) is 0 Å². The number of carbonyl (C=O) groups excluding carboxylic acids is 3. The zero-order chi connectivity index (χ0) is 22.4. The number of nitro groups is 1. The molecule has 3 rings (SSSR count). The number of nitrogens with zero attached hydrogens (tertiary/aromatic N) is 5. The van der Waals surface area contributed by atoms with E-state index in [0.29, 0.717) is 5.69 Å². The highest BCUT2D eigenvalue weighted by molar-refractivity contribution is 5.99. The number of nitro benzene ring substituents is 1. The van der Waals surface area contributed by atoms with Gasteiger partial charge >= 0.3 is 0 Å². The lowest BCUT2D eigenvalue weighted by Crippen LogP contribution is -2.51. The van der Waals surface area contributed by atoms with Gasteiger partial charge in [0.1, 0.15) is 12.4 Å². The molecule has 0 aliphatic heterocycles. The minimum absolute atomic E-state index is 0.0283. The lowest BCUT2D eigenvalue weighted by molar-refractivity contribution is -0.384. The van der Waals surface area contributed by atoms with Crippen LogP contribution in [0.1, 0.15) is 27.6 Å². The Labute approximate surface area is 174 Å². The highest BCUT2D eigenvalue weighted by atomic mass is 16.6. The van der Waals surface area contributed by atoms with Gasteiger partial charge in [0.05, 0.1) is 10.6 Å². The maximum Gasteiger partial charge on any atom is 0.270 e. The molecular formula is C18H16N8O5. The van der Waals surface area contributed by atoms with Crippen LogP contribution < -0.4 is 16.2 Å². The number of aromatic nitrogens is 4. The van der Waals surface area contributed by atoms with E-state index in [1.54, 1.807) is 12.1 Å². The molecule has 0 radical (unpaired) electrons. The number of carbonyl (C=O) groups is 3. The fraction of sp³-hybridized carbons (Fsp3) is 0.111.